The molecule has 6 nitrogen and oxygen atoms in total. The molecule has 1 aliphatic rings. The van der Waals surface area contributed by atoms with Crippen LogP contribution in [-0.2, 0) is 0 Å². The van der Waals surface area contributed by atoms with E-state index in [4.69, 9.17) is 4.42 Å². The smallest absolute Gasteiger partial charge is 0.298 e. The van der Waals surface area contributed by atoms with E-state index in [0.717, 1.165) is 36.4 Å². The normalized spacial score (nSPS) is 15.1. The van der Waals surface area contributed by atoms with Gasteiger partial charge in [-0.15, -0.1) is 11.3 Å². The Bertz CT molecular complexity index is 1290. The summed E-state index contributed by atoms with van der Waals surface area (Å²) in [4.78, 5) is 23.3. The first-order valence-corrected chi connectivity index (χ1v) is 11.8. The number of amides is 1. The number of nitrogens with one attached hydrogen (secondary N) is 1. The minimum Gasteiger partial charge on any atom is -0.423 e. The number of carbonyl (C=O) groups is 1. The molecular weight excluding hydrogens is 439 g/mol. The van der Waals surface area contributed by atoms with Gasteiger partial charge >= 0.3 is 0 Å². The number of carbonyl (C=O) groups excluding carboxylic acids is 1. The molecule has 4 aromatic rings. The number of piperidine rings is 1. The third-order valence-electron chi connectivity index (χ3n) is 6.11. The standard InChI is InChI=1S/C25H25FN4O2S/c1-29-12-10-19(11-13-29)30(2)25-28-20-15-18(6-7-21(20)32-25)27-24(31)23-9-8-22(33-23)16-4-3-5-17(26)14-16/h3-9,14-15,19H,10-13H2,1-2H3,(H,27,31). The largest absolute Gasteiger partial charge is 0.423 e. The third-order valence-corrected chi connectivity index (χ3v) is 7.24. The lowest BCUT2D eigenvalue weighted by Crippen LogP contribution is -2.42. The van der Waals surface area contributed by atoms with Crippen LogP contribution in [0.3, 0.4) is 0 Å². The van der Waals surface area contributed by atoms with Gasteiger partial charge in [0, 0.05) is 23.7 Å². The fourth-order valence-electron chi connectivity index (χ4n) is 4.13. The highest BCUT2D eigenvalue weighted by molar-refractivity contribution is 7.17. The number of likely N-dealkylation sites (tertiary alicyclic amines) is 1. The van der Waals surface area contributed by atoms with Gasteiger partial charge in [-0.1, -0.05) is 12.1 Å². The van der Waals surface area contributed by atoms with Gasteiger partial charge in [-0.3, -0.25) is 4.79 Å². The molecule has 0 aliphatic carbocycles. The van der Waals surface area contributed by atoms with Gasteiger partial charge in [0.2, 0.25) is 0 Å². The third kappa shape index (κ3) is 4.62. The molecule has 1 saturated heterocycles. The Kier molecular flexibility index (Phi) is 5.86. The van der Waals surface area contributed by atoms with Crippen LogP contribution < -0.4 is 10.2 Å². The summed E-state index contributed by atoms with van der Waals surface area (Å²) < 4.78 is 19.5. The fourth-order valence-corrected chi connectivity index (χ4v) is 5.03. The summed E-state index contributed by atoms with van der Waals surface area (Å²) >= 11 is 1.33. The van der Waals surface area contributed by atoms with E-state index in [9.17, 15) is 9.18 Å². The van der Waals surface area contributed by atoms with E-state index in [0.29, 0.717) is 33.7 Å². The van der Waals surface area contributed by atoms with Crippen molar-refractivity contribution in [1.82, 2.24) is 9.88 Å². The van der Waals surface area contributed by atoms with Crippen molar-refractivity contribution in [3.05, 3.63) is 65.3 Å². The summed E-state index contributed by atoms with van der Waals surface area (Å²) in [5, 5.41) is 2.93. The summed E-state index contributed by atoms with van der Waals surface area (Å²) in [6.45, 7) is 2.13. The molecular formula is C25H25FN4O2S. The van der Waals surface area contributed by atoms with E-state index in [1.165, 1.54) is 23.5 Å². The Morgan fingerprint density at radius 3 is 2.79 bits per heavy atom. The molecule has 1 N–H and O–H groups in total. The van der Waals surface area contributed by atoms with Gasteiger partial charge in [-0.25, -0.2) is 4.39 Å². The van der Waals surface area contributed by atoms with Crippen molar-refractivity contribution in [2.45, 2.75) is 18.9 Å². The molecule has 0 bridgehead atoms. The molecule has 2 aromatic carbocycles. The van der Waals surface area contributed by atoms with Gasteiger partial charge in [0.15, 0.2) is 5.58 Å². The monoisotopic (exact) mass is 464 g/mol. The van der Waals surface area contributed by atoms with Gasteiger partial charge in [-0.2, -0.15) is 4.98 Å². The molecule has 0 spiro atoms. The maximum Gasteiger partial charge on any atom is 0.298 e. The lowest BCUT2D eigenvalue weighted by Gasteiger charge is -2.34. The van der Waals surface area contributed by atoms with Crippen LogP contribution >= 0.6 is 11.3 Å². The Morgan fingerprint density at radius 2 is 2.00 bits per heavy atom. The van der Waals surface area contributed by atoms with Crippen molar-refractivity contribution in [2.75, 3.05) is 37.4 Å². The van der Waals surface area contributed by atoms with Crippen LogP contribution in [-0.4, -0.2) is 49.0 Å². The molecule has 2 aromatic heterocycles. The maximum absolute atomic E-state index is 13.5. The molecule has 0 radical (unpaired) electrons. The Labute approximate surface area is 195 Å². The Balaban J connectivity index is 1.30. The van der Waals surface area contributed by atoms with Crippen molar-refractivity contribution < 1.29 is 13.6 Å². The number of fused-ring (bicyclic) bond motifs is 1. The van der Waals surface area contributed by atoms with Crippen LogP contribution in [0.1, 0.15) is 22.5 Å². The van der Waals surface area contributed by atoms with E-state index >= 15 is 0 Å². The van der Waals surface area contributed by atoms with Crippen LogP contribution in [0.2, 0.25) is 0 Å². The van der Waals surface area contributed by atoms with Crippen LogP contribution in [0, 0.1) is 5.82 Å². The number of anilines is 2. The van der Waals surface area contributed by atoms with Crippen LogP contribution in [0.15, 0.2) is 59.0 Å². The number of benzene rings is 2. The highest BCUT2D eigenvalue weighted by Crippen LogP contribution is 2.30. The van der Waals surface area contributed by atoms with E-state index < -0.39 is 0 Å². The number of thiophene rings is 1. The lowest BCUT2D eigenvalue weighted by atomic mass is 10.0. The molecule has 1 fully saturated rings. The van der Waals surface area contributed by atoms with Gasteiger partial charge in [0.05, 0.1) is 4.88 Å². The molecule has 0 saturated carbocycles. The van der Waals surface area contributed by atoms with Crippen molar-refractivity contribution in [3.63, 3.8) is 0 Å². The number of hydrogen-bond acceptors (Lipinski definition) is 6. The maximum atomic E-state index is 13.5. The molecule has 0 unspecified atom stereocenters. The van der Waals surface area contributed by atoms with E-state index in [1.807, 2.05) is 37.4 Å². The molecule has 5 rings (SSSR count). The number of rotatable bonds is 5. The molecule has 1 aliphatic heterocycles. The quantitative estimate of drug-likeness (QED) is 0.424. The van der Waals surface area contributed by atoms with Crippen LogP contribution in [0.5, 0.6) is 0 Å². The second-order valence-corrected chi connectivity index (χ2v) is 9.54. The van der Waals surface area contributed by atoms with Crippen LogP contribution in [0.25, 0.3) is 21.5 Å². The second kappa shape index (κ2) is 8.96. The molecule has 1 amide bonds. The predicted molar refractivity (Wildman–Crippen MR) is 131 cm³/mol. The minimum absolute atomic E-state index is 0.214. The molecule has 170 valence electrons. The zero-order valence-electron chi connectivity index (χ0n) is 18.5. The number of oxazole rings is 1. The lowest BCUT2D eigenvalue weighted by molar-refractivity contribution is 0.103. The van der Waals surface area contributed by atoms with Crippen molar-refractivity contribution in [2.24, 2.45) is 0 Å². The number of hydrogen-bond donors (Lipinski definition) is 1. The van der Waals surface area contributed by atoms with Gasteiger partial charge < -0.3 is 19.5 Å². The summed E-state index contributed by atoms with van der Waals surface area (Å²) in [7, 11) is 4.17. The number of nitrogens with zero attached hydrogens (tertiary/aromatic N) is 3. The average molecular weight is 465 g/mol. The fraction of sp³-hybridized carbons (Fsp3) is 0.280. The topological polar surface area (TPSA) is 61.6 Å². The molecule has 0 atom stereocenters. The summed E-state index contributed by atoms with van der Waals surface area (Å²) in [6.07, 6.45) is 2.15. The first-order chi connectivity index (χ1) is 16.0. The van der Waals surface area contributed by atoms with Gasteiger partial charge in [-0.05, 0) is 81.0 Å². The van der Waals surface area contributed by atoms with E-state index in [2.05, 4.69) is 27.1 Å². The highest BCUT2D eigenvalue weighted by Gasteiger charge is 2.24. The summed E-state index contributed by atoms with van der Waals surface area (Å²) in [6, 6.07) is 16.4. The van der Waals surface area contributed by atoms with E-state index in [1.54, 1.807) is 12.1 Å². The first kappa shape index (κ1) is 21.6. The first-order valence-electron chi connectivity index (χ1n) is 11.0. The molecule has 33 heavy (non-hydrogen) atoms. The highest BCUT2D eigenvalue weighted by atomic mass is 32.1. The minimum atomic E-state index is -0.298. The average Bonchev–Trinajstić information content (AvgIpc) is 3.46. The number of halogens is 1. The predicted octanol–water partition coefficient (Wildman–Crippen LogP) is 5.48. The van der Waals surface area contributed by atoms with Gasteiger partial charge in [0.25, 0.3) is 11.9 Å². The number of aromatic nitrogens is 1. The van der Waals surface area contributed by atoms with Crippen molar-refractivity contribution in [3.8, 4) is 10.4 Å². The summed E-state index contributed by atoms with van der Waals surface area (Å²) in [5.41, 5.74) is 2.79. The summed E-state index contributed by atoms with van der Waals surface area (Å²) in [5.74, 6) is -0.511. The second-order valence-electron chi connectivity index (χ2n) is 8.45. The zero-order chi connectivity index (χ0) is 22.9. The SMILES string of the molecule is CN1CCC(N(C)c2nc3cc(NC(=O)c4ccc(-c5cccc(F)c5)s4)ccc3o2)CC1. The van der Waals surface area contributed by atoms with E-state index in [-0.39, 0.29) is 11.7 Å². The molecule has 3 heterocycles. The van der Waals surface area contributed by atoms with Crippen molar-refractivity contribution in [1.29, 1.82) is 0 Å². The zero-order valence-corrected chi connectivity index (χ0v) is 19.4. The van der Waals surface area contributed by atoms with Crippen LogP contribution in [0.4, 0.5) is 16.1 Å². The molecule has 8 heteroatoms. The van der Waals surface area contributed by atoms with Crippen molar-refractivity contribution >= 4 is 40.0 Å². The Hall–Kier alpha value is -3.23. The van der Waals surface area contributed by atoms with Gasteiger partial charge in [0.1, 0.15) is 11.3 Å². The Morgan fingerprint density at radius 1 is 1.18 bits per heavy atom.